The molecule has 0 unspecified atom stereocenters. The smallest absolute Gasteiger partial charge is 0.140 e. The van der Waals surface area contributed by atoms with Crippen molar-refractivity contribution in [2.24, 2.45) is 0 Å². The summed E-state index contributed by atoms with van der Waals surface area (Å²) in [7, 11) is 0. The SMILES string of the molecule is Cc1[nH]c2ccccc2c1-c1nc(-c2ccccc2)c(-c2ccc(N)cc2)[nH]1. The van der Waals surface area contributed by atoms with Crippen LogP contribution in [0.5, 0.6) is 0 Å². The molecule has 0 bridgehead atoms. The van der Waals surface area contributed by atoms with Crippen LogP contribution < -0.4 is 5.73 Å². The van der Waals surface area contributed by atoms with Gasteiger partial charge in [0.15, 0.2) is 0 Å². The van der Waals surface area contributed by atoms with Crippen molar-refractivity contribution >= 4 is 16.6 Å². The van der Waals surface area contributed by atoms with E-state index in [2.05, 4.69) is 47.2 Å². The molecule has 136 valence electrons. The molecule has 4 N–H and O–H groups in total. The van der Waals surface area contributed by atoms with Gasteiger partial charge in [0, 0.05) is 39.0 Å². The number of imidazole rings is 1. The van der Waals surface area contributed by atoms with Crippen LogP contribution in [-0.4, -0.2) is 15.0 Å². The number of rotatable bonds is 3. The quantitative estimate of drug-likeness (QED) is 0.355. The van der Waals surface area contributed by atoms with E-state index in [0.29, 0.717) is 0 Å². The molecule has 2 aromatic heterocycles. The van der Waals surface area contributed by atoms with Gasteiger partial charge < -0.3 is 15.7 Å². The number of benzene rings is 3. The first-order valence-electron chi connectivity index (χ1n) is 9.30. The fourth-order valence-electron chi connectivity index (χ4n) is 3.74. The summed E-state index contributed by atoms with van der Waals surface area (Å²) in [6.07, 6.45) is 0. The van der Waals surface area contributed by atoms with Gasteiger partial charge in [-0.05, 0) is 25.1 Å². The zero-order valence-corrected chi connectivity index (χ0v) is 15.5. The zero-order chi connectivity index (χ0) is 19.1. The summed E-state index contributed by atoms with van der Waals surface area (Å²) in [5, 5.41) is 1.16. The molecule has 5 aromatic rings. The maximum atomic E-state index is 5.89. The molecule has 3 aromatic carbocycles. The molecule has 2 heterocycles. The monoisotopic (exact) mass is 364 g/mol. The van der Waals surface area contributed by atoms with Crippen LogP contribution in [0.25, 0.3) is 44.8 Å². The first-order valence-corrected chi connectivity index (χ1v) is 9.30. The number of aryl methyl sites for hydroxylation is 1. The van der Waals surface area contributed by atoms with Gasteiger partial charge in [0.2, 0.25) is 0 Å². The lowest BCUT2D eigenvalue weighted by Gasteiger charge is -2.03. The van der Waals surface area contributed by atoms with E-state index in [1.165, 1.54) is 0 Å². The minimum Gasteiger partial charge on any atom is -0.399 e. The Balaban J connectivity index is 1.76. The summed E-state index contributed by atoms with van der Waals surface area (Å²) in [6, 6.07) is 26.5. The predicted molar refractivity (Wildman–Crippen MR) is 116 cm³/mol. The first kappa shape index (κ1) is 16.4. The Hall–Kier alpha value is -3.79. The topological polar surface area (TPSA) is 70.5 Å². The number of nitrogens with two attached hydrogens (primary N) is 1. The van der Waals surface area contributed by atoms with E-state index in [1.807, 2.05) is 48.5 Å². The van der Waals surface area contributed by atoms with Crippen LogP contribution in [0.2, 0.25) is 0 Å². The lowest BCUT2D eigenvalue weighted by atomic mass is 10.0. The maximum absolute atomic E-state index is 5.89. The summed E-state index contributed by atoms with van der Waals surface area (Å²) in [6.45, 7) is 2.09. The number of aromatic nitrogens is 3. The van der Waals surface area contributed by atoms with Crippen LogP contribution in [0.4, 0.5) is 5.69 Å². The van der Waals surface area contributed by atoms with Crippen molar-refractivity contribution < 1.29 is 0 Å². The Kier molecular flexibility index (Phi) is 3.76. The number of H-pyrrole nitrogens is 2. The summed E-state index contributed by atoms with van der Waals surface area (Å²) in [5.74, 6) is 0.862. The molecule has 0 saturated heterocycles. The Bertz CT molecular complexity index is 1260. The Morgan fingerprint density at radius 1 is 0.750 bits per heavy atom. The molecular formula is C24H20N4. The van der Waals surface area contributed by atoms with Gasteiger partial charge >= 0.3 is 0 Å². The van der Waals surface area contributed by atoms with Gasteiger partial charge in [-0.2, -0.15) is 0 Å². The highest BCUT2D eigenvalue weighted by Crippen LogP contribution is 2.36. The third kappa shape index (κ3) is 2.67. The van der Waals surface area contributed by atoms with E-state index >= 15 is 0 Å². The van der Waals surface area contributed by atoms with Crippen LogP contribution in [0.1, 0.15) is 5.69 Å². The fraction of sp³-hybridized carbons (Fsp3) is 0.0417. The third-order valence-corrected chi connectivity index (χ3v) is 5.08. The maximum Gasteiger partial charge on any atom is 0.140 e. The molecule has 0 aliphatic heterocycles. The molecule has 0 aliphatic rings. The summed E-state index contributed by atoms with van der Waals surface area (Å²) in [4.78, 5) is 12.1. The highest BCUT2D eigenvalue weighted by atomic mass is 14.9. The standard InChI is InChI=1S/C24H20N4/c1-15-21(19-9-5-6-10-20(19)26-15)24-27-22(16-7-3-2-4-8-16)23(28-24)17-11-13-18(25)14-12-17/h2-14,26H,25H2,1H3,(H,27,28). The number of fused-ring (bicyclic) bond motifs is 1. The number of hydrogen-bond donors (Lipinski definition) is 3. The minimum absolute atomic E-state index is 0.747. The van der Waals surface area contributed by atoms with Crippen molar-refractivity contribution in [1.29, 1.82) is 0 Å². The minimum atomic E-state index is 0.747. The summed E-state index contributed by atoms with van der Waals surface area (Å²) < 4.78 is 0. The molecule has 0 atom stereocenters. The fourth-order valence-corrected chi connectivity index (χ4v) is 3.74. The van der Waals surface area contributed by atoms with E-state index in [-0.39, 0.29) is 0 Å². The largest absolute Gasteiger partial charge is 0.399 e. The normalized spacial score (nSPS) is 11.2. The van der Waals surface area contributed by atoms with E-state index < -0.39 is 0 Å². The first-order chi connectivity index (χ1) is 13.7. The van der Waals surface area contributed by atoms with Crippen LogP contribution in [-0.2, 0) is 0 Å². The lowest BCUT2D eigenvalue weighted by molar-refractivity contribution is 1.25. The summed E-state index contributed by atoms with van der Waals surface area (Å²) >= 11 is 0. The van der Waals surface area contributed by atoms with Gasteiger partial charge in [-0.1, -0.05) is 60.7 Å². The lowest BCUT2D eigenvalue weighted by Crippen LogP contribution is -1.86. The van der Waals surface area contributed by atoms with Gasteiger partial charge in [0.25, 0.3) is 0 Å². The van der Waals surface area contributed by atoms with Crippen molar-refractivity contribution in [3.63, 3.8) is 0 Å². The van der Waals surface area contributed by atoms with Gasteiger partial charge in [-0.25, -0.2) is 4.98 Å². The molecule has 4 heteroatoms. The highest BCUT2D eigenvalue weighted by Gasteiger charge is 2.19. The van der Waals surface area contributed by atoms with Gasteiger partial charge in [0.1, 0.15) is 5.82 Å². The molecular weight excluding hydrogens is 344 g/mol. The Labute approximate surface area is 163 Å². The average Bonchev–Trinajstić information content (AvgIpc) is 3.29. The molecule has 4 nitrogen and oxygen atoms in total. The number of nitrogens with zero attached hydrogens (tertiary/aromatic N) is 1. The molecule has 28 heavy (non-hydrogen) atoms. The Morgan fingerprint density at radius 3 is 2.25 bits per heavy atom. The second-order valence-electron chi connectivity index (χ2n) is 6.97. The molecule has 0 radical (unpaired) electrons. The van der Waals surface area contributed by atoms with E-state index in [4.69, 9.17) is 10.7 Å². The number of nitrogens with one attached hydrogen (secondary N) is 2. The molecule has 5 rings (SSSR count). The number of aromatic amines is 2. The van der Waals surface area contributed by atoms with E-state index in [0.717, 1.165) is 56.2 Å². The van der Waals surface area contributed by atoms with Gasteiger partial charge in [-0.3, -0.25) is 0 Å². The van der Waals surface area contributed by atoms with Crippen molar-refractivity contribution in [1.82, 2.24) is 15.0 Å². The number of para-hydroxylation sites is 1. The van der Waals surface area contributed by atoms with Crippen LogP contribution in [0.3, 0.4) is 0 Å². The third-order valence-electron chi connectivity index (χ3n) is 5.08. The molecule has 0 amide bonds. The van der Waals surface area contributed by atoms with Crippen LogP contribution in [0, 0.1) is 6.92 Å². The van der Waals surface area contributed by atoms with E-state index in [9.17, 15) is 0 Å². The second-order valence-corrected chi connectivity index (χ2v) is 6.97. The highest BCUT2D eigenvalue weighted by molar-refractivity contribution is 5.97. The molecule has 0 saturated carbocycles. The van der Waals surface area contributed by atoms with Gasteiger partial charge in [0.05, 0.1) is 11.4 Å². The van der Waals surface area contributed by atoms with Crippen molar-refractivity contribution in [2.75, 3.05) is 5.73 Å². The van der Waals surface area contributed by atoms with Crippen LogP contribution in [0.15, 0.2) is 78.9 Å². The van der Waals surface area contributed by atoms with Crippen molar-refractivity contribution in [3.8, 4) is 33.9 Å². The Morgan fingerprint density at radius 2 is 1.46 bits per heavy atom. The van der Waals surface area contributed by atoms with Gasteiger partial charge in [-0.15, -0.1) is 0 Å². The second kappa shape index (κ2) is 6.43. The molecule has 0 aliphatic carbocycles. The number of nitrogen functional groups attached to an aromatic ring is 1. The molecule has 0 spiro atoms. The van der Waals surface area contributed by atoms with Crippen LogP contribution >= 0.6 is 0 Å². The molecule has 0 fully saturated rings. The van der Waals surface area contributed by atoms with Crippen molar-refractivity contribution in [2.45, 2.75) is 6.92 Å². The summed E-state index contributed by atoms with van der Waals surface area (Å²) in [5.41, 5.74) is 14.0. The number of hydrogen-bond acceptors (Lipinski definition) is 2. The average molecular weight is 364 g/mol. The van der Waals surface area contributed by atoms with E-state index in [1.54, 1.807) is 0 Å². The van der Waals surface area contributed by atoms with Crippen molar-refractivity contribution in [3.05, 3.63) is 84.6 Å². The number of anilines is 1. The zero-order valence-electron chi connectivity index (χ0n) is 15.5. The predicted octanol–water partition coefficient (Wildman–Crippen LogP) is 5.78.